The molecule has 0 unspecified atom stereocenters. The Morgan fingerprint density at radius 3 is 2.33 bits per heavy atom. The van der Waals surface area contributed by atoms with Crippen molar-refractivity contribution >= 4 is 23.2 Å². The van der Waals surface area contributed by atoms with E-state index in [0.717, 1.165) is 12.8 Å². The largest absolute Gasteiger partial charge is 0.495 e. The minimum atomic E-state index is -0.369. The summed E-state index contributed by atoms with van der Waals surface area (Å²) in [6.45, 7) is 6.10. The maximum atomic E-state index is 12.9. The van der Waals surface area contributed by atoms with Gasteiger partial charge in [-0.3, -0.25) is 4.79 Å². The van der Waals surface area contributed by atoms with Gasteiger partial charge in [-0.1, -0.05) is 11.6 Å². The van der Waals surface area contributed by atoms with Gasteiger partial charge in [-0.15, -0.1) is 0 Å². The Bertz CT molecular complexity index is 584. The second-order valence-corrected chi connectivity index (χ2v) is 6.83. The van der Waals surface area contributed by atoms with E-state index in [1.807, 2.05) is 11.8 Å². The predicted molar refractivity (Wildman–Crippen MR) is 97.3 cm³/mol. The number of anilines is 1. The summed E-state index contributed by atoms with van der Waals surface area (Å²) in [5.74, 6) is 1.23. The number of ether oxygens (including phenoxy) is 2. The third-order valence-electron chi connectivity index (χ3n) is 4.66. The molecule has 1 N–H and O–H groups in total. The fourth-order valence-corrected chi connectivity index (χ4v) is 3.59. The second kappa shape index (κ2) is 7.97. The van der Waals surface area contributed by atoms with Crippen LogP contribution in [-0.4, -0.2) is 43.2 Å². The van der Waals surface area contributed by atoms with Crippen LogP contribution in [0.4, 0.5) is 5.69 Å². The van der Waals surface area contributed by atoms with Gasteiger partial charge in [0.25, 0.3) is 0 Å². The molecule has 24 heavy (non-hydrogen) atoms. The van der Waals surface area contributed by atoms with Gasteiger partial charge in [0.1, 0.15) is 17.5 Å². The third kappa shape index (κ3) is 3.89. The lowest BCUT2D eigenvalue weighted by Gasteiger charge is -2.40. The number of rotatable bonds is 5. The number of carbonyl (C=O) groups is 1. The van der Waals surface area contributed by atoms with E-state index in [2.05, 4.69) is 19.2 Å². The lowest BCUT2D eigenvalue weighted by molar-refractivity contribution is -0.137. The van der Waals surface area contributed by atoms with E-state index in [1.165, 1.54) is 6.42 Å². The molecule has 1 amide bonds. The van der Waals surface area contributed by atoms with Gasteiger partial charge >= 0.3 is 0 Å². The van der Waals surface area contributed by atoms with Crippen LogP contribution in [0.5, 0.6) is 11.5 Å². The first-order valence-electron chi connectivity index (χ1n) is 8.39. The first kappa shape index (κ1) is 18.7. The van der Waals surface area contributed by atoms with Gasteiger partial charge < -0.3 is 19.7 Å². The van der Waals surface area contributed by atoms with E-state index < -0.39 is 0 Å². The quantitative estimate of drug-likeness (QED) is 0.869. The lowest BCUT2D eigenvalue weighted by atomic mass is 9.96. The van der Waals surface area contributed by atoms with E-state index in [9.17, 15) is 4.79 Å². The molecule has 2 rings (SSSR count). The Morgan fingerprint density at radius 1 is 1.21 bits per heavy atom. The highest BCUT2D eigenvalue weighted by molar-refractivity contribution is 6.32. The molecule has 1 saturated heterocycles. The minimum absolute atomic E-state index is 0.101. The van der Waals surface area contributed by atoms with E-state index in [0.29, 0.717) is 22.2 Å². The zero-order chi connectivity index (χ0) is 17.9. The molecular formula is C18H27ClN2O3. The zero-order valence-corrected chi connectivity index (χ0v) is 15.8. The summed E-state index contributed by atoms with van der Waals surface area (Å²) in [5.41, 5.74) is 0.682. The summed E-state index contributed by atoms with van der Waals surface area (Å²) in [5, 5.41) is 3.71. The molecule has 1 aliphatic rings. The zero-order valence-electron chi connectivity index (χ0n) is 15.1. The molecule has 1 aliphatic heterocycles. The van der Waals surface area contributed by atoms with Gasteiger partial charge in [-0.05, 0) is 46.1 Å². The highest BCUT2D eigenvalue weighted by atomic mass is 35.5. The van der Waals surface area contributed by atoms with Gasteiger partial charge in [0.05, 0.1) is 24.9 Å². The van der Waals surface area contributed by atoms with Crippen LogP contribution in [-0.2, 0) is 4.79 Å². The minimum Gasteiger partial charge on any atom is -0.495 e. The van der Waals surface area contributed by atoms with Crippen molar-refractivity contribution in [3.63, 3.8) is 0 Å². The summed E-state index contributed by atoms with van der Waals surface area (Å²) >= 11 is 6.20. The average molecular weight is 355 g/mol. The fraction of sp³-hybridized carbons (Fsp3) is 0.611. The van der Waals surface area contributed by atoms with Gasteiger partial charge in [0.15, 0.2) is 0 Å². The molecule has 6 heteroatoms. The number of hydrogen-bond acceptors (Lipinski definition) is 4. The maximum absolute atomic E-state index is 12.9. The standard InChI is InChI=1S/C18H27ClN2O3/c1-11-7-6-8-12(2)21(11)18(22)13(3)20-15-9-14(19)16(23-4)10-17(15)24-5/h9-13,20H,6-8H2,1-5H3/t11-,12-,13-/m1/s1. The van der Waals surface area contributed by atoms with E-state index >= 15 is 0 Å². The molecule has 0 aromatic heterocycles. The molecule has 5 nitrogen and oxygen atoms in total. The predicted octanol–water partition coefficient (Wildman–Crippen LogP) is 3.95. The first-order chi connectivity index (χ1) is 11.4. The van der Waals surface area contributed by atoms with Crippen molar-refractivity contribution in [1.82, 2.24) is 4.90 Å². The van der Waals surface area contributed by atoms with Crippen LogP contribution in [0.15, 0.2) is 12.1 Å². The van der Waals surface area contributed by atoms with Gasteiger partial charge in [-0.2, -0.15) is 0 Å². The van der Waals surface area contributed by atoms with Crippen LogP contribution in [0.2, 0.25) is 5.02 Å². The SMILES string of the molecule is COc1cc(OC)c(N[C@H](C)C(=O)N2[C@H](C)CCC[C@H]2C)cc1Cl. The number of benzene rings is 1. The molecule has 0 aliphatic carbocycles. The summed E-state index contributed by atoms with van der Waals surface area (Å²) < 4.78 is 10.6. The first-order valence-corrected chi connectivity index (χ1v) is 8.77. The van der Waals surface area contributed by atoms with E-state index in [4.69, 9.17) is 21.1 Å². The van der Waals surface area contributed by atoms with Crippen molar-refractivity contribution in [2.45, 2.75) is 58.2 Å². The topological polar surface area (TPSA) is 50.8 Å². The number of hydrogen-bond donors (Lipinski definition) is 1. The van der Waals surface area contributed by atoms with E-state index in [-0.39, 0.29) is 24.0 Å². The number of nitrogens with zero attached hydrogens (tertiary/aromatic N) is 1. The van der Waals surface area contributed by atoms with Crippen molar-refractivity contribution in [1.29, 1.82) is 0 Å². The fourth-order valence-electron chi connectivity index (χ4n) is 3.35. The molecule has 0 radical (unpaired) electrons. The van der Waals surface area contributed by atoms with Gasteiger partial charge in [0.2, 0.25) is 5.91 Å². The molecule has 3 atom stereocenters. The maximum Gasteiger partial charge on any atom is 0.245 e. The number of piperidine rings is 1. The molecule has 1 aromatic carbocycles. The molecule has 1 heterocycles. The summed E-state index contributed by atoms with van der Waals surface area (Å²) in [6.07, 6.45) is 3.29. The lowest BCUT2D eigenvalue weighted by Crippen LogP contribution is -2.52. The monoisotopic (exact) mass is 354 g/mol. The Hall–Kier alpha value is -1.62. The van der Waals surface area contributed by atoms with Crippen LogP contribution in [0.3, 0.4) is 0 Å². The number of carbonyl (C=O) groups excluding carboxylic acids is 1. The Kier molecular flexibility index (Phi) is 6.21. The molecule has 1 fully saturated rings. The Morgan fingerprint density at radius 2 is 1.79 bits per heavy atom. The Labute approximate surface area is 149 Å². The average Bonchev–Trinajstić information content (AvgIpc) is 2.54. The smallest absolute Gasteiger partial charge is 0.245 e. The van der Waals surface area contributed by atoms with Crippen molar-refractivity contribution in [2.75, 3.05) is 19.5 Å². The number of nitrogens with one attached hydrogen (secondary N) is 1. The normalized spacial score (nSPS) is 22.0. The van der Waals surface area contributed by atoms with Crippen LogP contribution < -0.4 is 14.8 Å². The van der Waals surface area contributed by atoms with Crippen molar-refractivity contribution in [2.24, 2.45) is 0 Å². The number of methoxy groups -OCH3 is 2. The number of amides is 1. The van der Waals surface area contributed by atoms with Gasteiger partial charge in [0, 0.05) is 18.2 Å². The molecule has 0 saturated carbocycles. The van der Waals surface area contributed by atoms with Crippen LogP contribution in [0.1, 0.15) is 40.0 Å². The summed E-state index contributed by atoms with van der Waals surface area (Å²) in [4.78, 5) is 14.9. The third-order valence-corrected chi connectivity index (χ3v) is 4.96. The van der Waals surface area contributed by atoms with E-state index in [1.54, 1.807) is 26.4 Å². The molecular weight excluding hydrogens is 328 g/mol. The molecule has 134 valence electrons. The second-order valence-electron chi connectivity index (χ2n) is 6.43. The summed E-state index contributed by atoms with van der Waals surface area (Å²) in [6, 6.07) is 3.62. The van der Waals surface area contributed by atoms with Gasteiger partial charge in [-0.25, -0.2) is 0 Å². The molecule has 0 bridgehead atoms. The summed E-state index contributed by atoms with van der Waals surface area (Å²) in [7, 11) is 3.13. The Balaban J connectivity index is 2.18. The van der Waals surface area contributed by atoms with Crippen molar-refractivity contribution < 1.29 is 14.3 Å². The van der Waals surface area contributed by atoms with Crippen molar-refractivity contribution in [3.05, 3.63) is 17.2 Å². The van der Waals surface area contributed by atoms with Crippen LogP contribution in [0, 0.1) is 0 Å². The molecule has 1 aromatic rings. The number of likely N-dealkylation sites (tertiary alicyclic amines) is 1. The van der Waals surface area contributed by atoms with Crippen LogP contribution >= 0.6 is 11.6 Å². The number of halogens is 1. The van der Waals surface area contributed by atoms with Crippen molar-refractivity contribution in [3.8, 4) is 11.5 Å². The molecule has 0 spiro atoms. The highest BCUT2D eigenvalue weighted by Crippen LogP contribution is 2.36. The highest BCUT2D eigenvalue weighted by Gasteiger charge is 2.32. The van der Waals surface area contributed by atoms with Crippen LogP contribution in [0.25, 0.3) is 0 Å².